The predicted octanol–water partition coefficient (Wildman–Crippen LogP) is 4.65. The van der Waals surface area contributed by atoms with Crippen LogP contribution in [0.3, 0.4) is 0 Å². The Morgan fingerprint density at radius 2 is 1.86 bits per heavy atom. The molecule has 0 aromatic heterocycles. The number of benzene rings is 3. The highest BCUT2D eigenvalue weighted by molar-refractivity contribution is 6.31. The summed E-state index contributed by atoms with van der Waals surface area (Å²) in [5.74, 6) is 0. The maximum absolute atomic E-state index is 8.88. The zero-order chi connectivity index (χ0) is 19.3. The second-order valence-electron chi connectivity index (χ2n) is 7.17. The van der Waals surface area contributed by atoms with Gasteiger partial charge in [0.2, 0.25) is 0 Å². The molecule has 3 aromatic rings. The molecular formula is C24H25ClN2O. The third-order valence-electron chi connectivity index (χ3n) is 5.30. The summed E-state index contributed by atoms with van der Waals surface area (Å²) in [5, 5.41) is 12.9. The van der Waals surface area contributed by atoms with Crippen molar-refractivity contribution in [1.29, 1.82) is 0 Å². The first kappa shape index (κ1) is 19.0. The van der Waals surface area contributed by atoms with E-state index in [1.54, 1.807) is 0 Å². The van der Waals surface area contributed by atoms with Crippen molar-refractivity contribution < 1.29 is 5.11 Å². The summed E-state index contributed by atoms with van der Waals surface area (Å²) >= 11 is 6.57. The van der Waals surface area contributed by atoms with Crippen LogP contribution in [0.25, 0.3) is 11.1 Å². The Hall–Kier alpha value is -2.33. The standard InChI is InChI=1S/C24H25ClN2O/c25-23-15-18(16-26-12-14-28)9-10-20(23)17-27-13-11-22-21(7-4-8-24(22)27)19-5-2-1-3-6-19/h1-10,15,26,28H,11-14,16-17H2. The summed E-state index contributed by atoms with van der Waals surface area (Å²) in [6.07, 6.45) is 1.06. The third-order valence-corrected chi connectivity index (χ3v) is 5.66. The number of nitrogens with zero attached hydrogens (tertiary/aromatic N) is 1. The number of nitrogens with one attached hydrogen (secondary N) is 1. The Morgan fingerprint density at radius 3 is 2.64 bits per heavy atom. The van der Waals surface area contributed by atoms with Gasteiger partial charge in [-0.3, -0.25) is 0 Å². The zero-order valence-corrected chi connectivity index (χ0v) is 16.6. The number of fused-ring (bicyclic) bond motifs is 1. The molecule has 1 aliphatic heterocycles. The lowest BCUT2D eigenvalue weighted by molar-refractivity contribution is 0.292. The Kier molecular flexibility index (Phi) is 5.96. The first-order chi connectivity index (χ1) is 13.8. The zero-order valence-electron chi connectivity index (χ0n) is 15.9. The van der Waals surface area contributed by atoms with Gasteiger partial charge in [0.15, 0.2) is 0 Å². The second-order valence-corrected chi connectivity index (χ2v) is 7.57. The summed E-state index contributed by atoms with van der Waals surface area (Å²) in [6.45, 7) is 3.27. The van der Waals surface area contributed by atoms with Crippen LogP contribution >= 0.6 is 11.6 Å². The van der Waals surface area contributed by atoms with Crippen molar-refractivity contribution in [2.24, 2.45) is 0 Å². The minimum atomic E-state index is 0.144. The Labute approximate surface area is 171 Å². The van der Waals surface area contributed by atoms with Gasteiger partial charge in [-0.2, -0.15) is 0 Å². The van der Waals surface area contributed by atoms with Gasteiger partial charge in [-0.05, 0) is 46.4 Å². The molecule has 0 amide bonds. The van der Waals surface area contributed by atoms with Crippen molar-refractivity contribution in [3.8, 4) is 11.1 Å². The number of hydrogen-bond donors (Lipinski definition) is 2. The van der Waals surface area contributed by atoms with Gasteiger partial charge in [-0.25, -0.2) is 0 Å². The molecule has 0 radical (unpaired) electrons. The van der Waals surface area contributed by atoms with Crippen LogP contribution in [0.5, 0.6) is 0 Å². The first-order valence-electron chi connectivity index (χ1n) is 9.77. The lowest BCUT2D eigenvalue weighted by Crippen LogP contribution is -2.20. The van der Waals surface area contributed by atoms with Gasteiger partial charge in [0.1, 0.15) is 0 Å². The van der Waals surface area contributed by atoms with E-state index in [1.807, 2.05) is 6.07 Å². The highest BCUT2D eigenvalue weighted by atomic mass is 35.5. The number of rotatable bonds is 7. The normalized spacial score (nSPS) is 13.0. The van der Waals surface area contributed by atoms with E-state index in [1.165, 1.54) is 22.4 Å². The number of halogens is 1. The molecule has 28 heavy (non-hydrogen) atoms. The molecule has 4 rings (SSSR count). The average molecular weight is 393 g/mol. The van der Waals surface area contributed by atoms with E-state index >= 15 is 0 Å². The van der Waals surface area contributed by atoms with Crippen LogP contribution in [-0.4, -0.2) is 24.8 Å². The molecule has 0 unspecified atom stereocenters. The molecule has 4 heteroatoms. The van der Waals surface area contributed by atoms with Gasteiger partial charge in [0, 0.05) is 36.9 Å². The monoisotopic (exact) mass is 392 g/mol. The molecule has 0 bridgehead atoms. The number of hydrogen-bond acceptors (Lipinski definition) is 3. The fraction of sp³-hybridized carbons (Fsp3) is 0.250. The van der Waals surface area contributed by atoms with Crippen LogP contribution in [-0.2, 0) is 19.5 Å². The van der Waals surface area contributed by atoms with Crippen LogP contribution in [0.1, 0.15) is 16.7 Å². The Balaban J connectivity index is 1.53. The maximum atomic E-state index is 8.88. The molecule has 0 spiro atoms. The van der Waals surface area contributed by atoms with Gasteiger partial charge in [-0.1, -0.05) is 66.2 Å². The van der Waals surface area contributed by atoms with Gasteiger partial charge >= 0.3 is 0 Å². The van der Waals surface area contributed by atoms with Crippen LogP contribution in [0.4, 0.5) is 5.69 Å². The topological polar surface area (TPSA) is 35.5 Å². The smallest absolute Gasteiger partial charge is 0.0556 e. The van der Waals surface area contributed by atoms with Crippen LogP contribution < -0.4 is 10.2 Å². The van der Waals surface area contributed by atoms with E-state index in [4.69, 9.17) is 16.7 Å². The molecule has 0 atom stereocenters. The number of anilines is 1. The van der Waals surface area contributed by atoms with Crippen LogP contribution in [0.15, 0.2) is 66.7 Å². The van der Waals surface area contributed by atoms with E-state index in [0.717, 1.165) is 35.7 Å². The predicted molar refractivity (Wildman–Crippen MR) is 117 cm³/mol. The quantitative estimate of drug-likeness (QED) is 0.574. The SMILES string of the molecule is OCCNCc1ccc(CN2CCc3c(-c4ccccc4)cccc32)c(Cl)c1. The maximum Gasteiger partial charge on any atom is 0.0556 e. The van der Waals surface area contributed by atoms with E-state index in [9.17, 15) is 0 Å². The fourth-order valence-electron chi connectivity index (χ4n) is 3.90. The van der Waals surface area contributed by atoms with Gasteiger partial charge < -0.3 is 15.3 Å². The molecule has 1 aliphatic rings. The van der Waals surface area contributed by atoms with Gasteiger partial charge in [-0.15, -0.1) is 0 Å². The van der Waals surface area contributed by atoms with Gasteiger partial charge in [0.05, 0.1) is 6.61 Å². The van der Waals surface area contributed by atoms with Crippen molar-refractivity contribution in [3.05, 3.63) is 88.4 Å². The average Bonchev–Trinajstić information content (AvgIpc) is 3.14. The highest BCUT2D eigenvalue weighted by Gasteiger charge is 2.22. The van der Waals surface area contributed by atoms with E-state index in [-0.39, 0.29) is 6.61 Å². The van der Waals surface area contributed by atoms with Crippen molar-refractivity contribution in [3.63, 3.8) is 0 Å². The first-order valence-corrected chi connectivity index (χ1v) is 10.1. The second kappa shape index (κ2) is 8.78. The van der Waals surface area contributed by atoms with Crippen molar-refractivity contribution in [2.45, 2.75) is 19.5 Å². The molecule has 3 nitrogen and oxygen atoms in total. The minimum absolute atomic E-state index is 0.144. The molecule has 0 aliphatic carbocycles. The number of aliphatic hydroxyl groups excluding tert-OH is 1. The van der Waals surface area contributed by atoms with E-state index in [2.05, 4.69) is 70.9 Å². The third kappa shape index (κ3) is 4.07. The van der Waals surface area contributed by atoms with E-state index < -0.39 is 0 Å². The molecule has 0 fully saturated rings. The minimum Gasteiger partial charge on any atom is -0.395 e. The van der Waals surface area contributed by atoms with Gasteiger partial charge in [0.25, 0.3) is 0 Å². The Morgan fingerprint density at radius 1 is 1.00 bits per heavy atom. The molecular weight excluding hydrogens is 368 g/mol. The van der Waals surface area contributed by atoms with Crippen LogP contribution in [0.2, 0.25) is 5.02 Å². The van der Waals surface area contributed by atoms with Crippen LogP contribution in [0, 0.1) is 0 Å². The lowest BCUT2D eigenvalue weighted by Gasteiger charge is -2.21. The van der Waals surface area contributed by atoms with Crippen molar-refractivity contribution in [2.75, 3.05) is 24.6 Å². The molecule has 1 heterocycles. The summed E-state index contributed by atoms with van der Waals surface area (Å²) < 4.78 is 0. The number of aliphatic hydroxyl groups is 1. The molecule has 0 saturated heterocycles. The Bertz CT molecular complexity index is 943. The molecule has 0 saturated carbocycles. The molecule has 3 aromatic carbocycles. The summed E-state index contributed by atoms with van der Waals surface area (Å²) in [6, 6.07) is 23.5. The largest absolute Gasteiger partial charge is 0.395 e. The van der Waals surface area contributed by atoms with Crippen molar-refractivity contribution in [1.82, 2.24) is 5.32 Å². The highest BCUT2D eigenvalue weighted by Crippen LogP contribution is 2.37. The lowest BCUT2D eigenvalue weighted by atomic mass is 9.98. The summed E-state index contributed by atoms with van der Waals surface area (Å²) in [4.78, 5) is 2.42. The molecule has 144 valence electrons. The van der Waals surface area contributed by atoms with Crippen molar-refractivity contribution >= 4 is 17.3 Å². The molecule has 2 N–H and O–H groups in total. The summed E-state index contributed by atoms with van der Waals surface area (Å²) in [7, 11) is 0. The fourth-order valence-corrected chi connectivity index (χ4v) is 4.16. The van der Waals surface area contributed by atoms with E-state index in [0.29, 0.717) is 13.1 Å². The summed E-state index contributed by atoms with van der Waals surface area (Å²) in [5.41, 5.74) is 7.62.